The van der Waals surface area contributed by atoms with Crippen LogP contribution < -0.4 is 20.0 Å². The third-order valence-corrected chi connectivity index (χ3v) is 13.7. The third-order valence-electron chi connectivity index (χ3n) is 7.67. The molecule has 41 heavy (non-hydrogen) atoms. The predicted molar refractivity (Wildman–Crippen MR) is 161 cm³/mol. The second kappa shape index (κ2) is 10.3. The Morgan fingerprint density at radius 1 is 1.05 bits per heavy atom. The molecule has 2 aromatic carbocycles. The van der Waals surface area contributed by atoms with Crippen molar-refractivity contribution in [3.8, 4) is 5.88 Å². The lowest BCUT2D eigenvalue weighted by molar-refractivity contribution is 0.149. The topological polar surface area (TPSA) is 94.5 Å². The fourth-order valence-corrected chi connectivity index (χ4v) is 10.7. The molecular weight excluding hydrogens is 583 g/mol. The number of aromatic nitrogens is 3. The summed E-state index contributed by atoms with van der Waals surface area (Å²) in [5, 5.41) is 1.12. The van der Waals surface area contributed by atoms with E-state index in [9.17, 15) is 8.42 Å². The van der Waals surface area contributed by atoms with Crippen LogP contribution in [0, 0.1) is 5.82 Å². The van der Waals surface area contributed by atoms with E-state index >= 15 is 4.39 Å². The Morgan fingerprint density at radius 2 is 1.61 bits per heavy atom. The van der Waals surface area contributed by atoms with Gasteiger partial charge in [0.15, 0.2) is 11.0 Å². The van der Waals surface area contributed by atoms with Gasteiger partial charge in [0.05, 0.1) is 12.1 Å². The van der Waals surface area contributed by atoms with Crippen LogP contribution in [-0.4, -0.2) is 63.7 Å². The van der Waals surface area contributed by atoms with Crippen molar-refractivity contribution in [1.82, 2.24) is 15.0 Å². The minimum Gasteiger partial charge on any atom is -0.474 e. The van der Waals surface area contributed by atoms with E-state index in [1.54, 1.807) is 11.9 Å². The van der Waals surface area contributed by atoms with Gasteiger partial charge in [0.2, 0.25) is 20.9 Å². The minimum absolute atomic E-state index is 0.0301. The molecule has 0 amide bonds. The van der Waals surface area contributed by atoms with Crippen LogP contribution in [0.5, 0.6) is 5.88 Å². The van der Waals surface area contributed by atoms with Gasteiger partial charge in [-0.2, -0.15) is 4.98 Å². The van der Waals surface area contributed by atoms with E-state index in [-0.39, 0.29) is 40.9 Å². The van der Waals surface area contributed by atoms with Gasteiger partial charge in [-0.25, -0.2) is 22.8 Å². The maximum atomic E-state index is 15.2. The zero-order valence-electron chi connectivity index (χ0n) is 23.8. The molecule has 1 atom stereocenters. The molecule has 12 heteroatoms. The van der Waals surface area contributed by atoms with Crippen molar-refractivity contribution in [2.24, 2.45) is 0 Å². The Balaban J connectivity index is 1.66. The standard InChI is InChI=1S/C29H32ClFN4O4SSi/c1-28(2,3)41(19-13-9-7-10-14-19,20-15-11-8-12-16-20)39-18-29(4)17-38-26-21-23(22(31)24(30)33-26)32-27(40(6,36)37)34-25(21)35(29)5/h7-16H,17-18H2,1-6H3. The van der Waals surface area contributed by atoms with Crippen LogP contribution in [0.25, 0.3) is 10.9 Å². The molecule has 1 unspecified atom stereocenters. The number of benzene rings is 2. The first-order valence-electron chi connectivity index (χ1n) is 13.1. The molecule has 216 valence electrons. The smallest absolute Gasteiger partial charge is 0.261 e. The summed E-state index contributed by atoms with van der Waals surface area (Å²) in [5.41, 5.74) is -1.15. The zero-order valence-corrected chi connectivity index (χ0v) is 26.3. The summed E-state index contributed by atoms with van der Waals surface area (Å²) in [7, 11) is -5.07. The van der Waals surface area contributed by atoms with Crippen LogP contribution in [-0.2, 0) is 14.3 Å². The maximum absolute atomic E-state index is 15.2. The van der Waals surface area contributed by atoms with E-state index in [0.717, 1.165) is 16.6 Å². The summed E-state index contributed by atoms with van der Waals surface area (Å²) >= 11 is 6.07. The first-order chi connectivity index (χ1) is 19.2. The molecule has 0 spiro atoms. The quantitative estimate of drug-likeness (QED) is 0.179. The molecule has 8 nitrogen and oxygen atoms in total. The summed E-state index contributed by atoms with van der Waals surface area (Å²) in [6.45, 7) is 8.75. The number of sulfone groups is 1. The molecule has 1 aliphatic heterocycles. The monoisotopic (exact) mass is 614 g/mol. The highest BCUT2D eigenvalue weighted by atomic mass is 35.5. The highest BCUT2D eigenvalue weighted by molar-refractivity contribution is 7.90. The van der Waals surface area contributed by atoms with Gasteiger partial charge >= 0.3 is 0 Å². The lowest BCUT2D eigenvalue weighted by Crippen LogP contribution is -2.68. The Hall–Kier alpha value is -3.12. The molecule has 0 radical (unpaired) electrons. The number of rotatable bonds is 6. The molecule has 0 aliphatic carbocycles. The summed E-state index contributed by atoms with van der Waals surface area (Å²) in [5.74, 6) is -0.745. The largest absolute Gasteiger partial charge is 0.474 e. The molecule has 0 fully saturated rings. The van der Waals surface area contributed by atoms with Crippen LogP contribution in [0.1, 0.15) is 27.7 Å². The van der Waals surface area contributed by atoms with Crippen LogP contribution in [0.4, 0.5) is 10.2 Å². The molecule has 0 saturated carbocycles. The van der Waals surface area contributed by atoms with E-state index in [1.807, 2.05) is 43.3 Å². The summed E-state index contributed by atoms with van der Waals surface area (Å²) in [6.07, 6.45) is 0.973. The molecule has 3 heterocycles. The molecule has 1 aliphatic rings. The Labute approximate surface area is 245 Å². The number of nitrogens with zero attached hydrogens (tertiary/aromatic N) is 4. The SMILES string of the molecule is CN1c2nc(S(C)(=O)=O)nc3c(F)c(Cl)nc(c23)OCC1(C)CO[Si](c1ccccc1)(c1ccccc1)C(C)(C)C. The van der Waals surface area contributed by atoms with E-state index < -0.39 is 39.8 Å². The van der Waals surface area contributed by atoms with Crippen LogP contribution >= 0.6 is 11.6 Å². The Bertz CT molecular complexity index is 1680. The van der Waals surface area contributed by atoms with E-state index in [0.29, 0.717) is 0 Å². The van der Waals surface area contributed by atoms with Crippen LogP contribution in [0.15, 0.2) is 65.8 Å². The van der Waals surface area contributed by atoms with Crippen molar-refractivity contribution in [3.05, 3.63) is 71.6 Å². The van der Waals surface area contributed by atoms with Gasteiger partial charge in [-0.1, -0.05) is 93.0 Å². The molecule has 0 saturated heterocycles. The minimum atomic E-state index is -3.89. The molecule has 4 aromatic rings. The Kier molecular flexibility index (Phi) is 7.38. The van der Waals surface area contributed by atoms with Gasteiger partial charge in [-0.15, -0.1) is 0 Å². The number of likely N-dealkylation sites (N-methyl/N-ethyl adjacent to an activating group) is 1. The van der Waals surface area contributed by atoms with Gasteiger partial charge in [-0.3, -0.25) is 0 Å². The fraction of sp³-hybridized carbons (Fsp3) is 0.345. The number of halogens is 2. The normalized spacial score (nSPS) is 17.8. The number of hydrogen-bond donors (Lipinski definition) is 0. The number of hydrogen-bond acceptors (Lipinski definition) is 8. The van der Waals surface area contributed by atoms with Gasteiger partial charge < -0.3 is 14.1 Å². The van der Waals surface area contributed by atoms with Gasteiger partial charge in [-0.05, 0) is 22.3 Å². The molecule has 0 bridgehead atoms. The van der Waals surface area contributed by atoms with Crippen molar-refractivity contribution in [2.75, 3.05) is 31.4 Å². The average molecular weight is 615 g/mol. The van der Waals surface area contributed by atoms with E-state index in [4.69, 9.17) is 20.8 Å². The lowest BCUT2D eigenvalue weighted by Gasteiger charge is -2.46. The average Bonchev–Trinajstić information content (AvgIpc) is 3.03. The van der Waals surface area contributed by atoms with Crippen molar-refractivity contribution >= 4 is 56.8 Å². The van der Waals surface area contributed by atoms with Crippen molar-refractivity contribution < 1.29 is 22.0 Å². The van der Waals surface area contributed by atoms with E-state index in [1.165, 1.54) is 0 Å². The number of ether oxygens (including phenoxy) is 1. The van der Waals surface area contributed by atoms with Crippen LogP contribution in [0.3, 0.4) is 0 Å². The first-order valence-corrected chi connectivity index (χ1v) is 17.3. The van der Waals surface area contributed by atoms with Gasteiger partial charge in [0.25, 0.3) is 8.32 Å². The van der Waals surface area contributed by atoms with Crippen molar-refractivity contribution in [1.29, 1.82) is 0 Å². The van der Waals surface area contributed by atoms with Gasteiger partial charge in [0.1, 0.15) is 23.3 Å². The molecule has 5 rings (SSSR count). The predicted octanol–water partition coefficient (Wildman–Crippen LogP) is 4.38. The number of anilines is 1. The van der Waals surface area contributed by atoms with E-state index in [2.05, 4.69) is 60.0 Å². The zero-order chi connectivity index (χ0) is 29.8. The summed E-state index contributed by atoms with van der Waals surface area (Å²) < 4.78 is 53.5. The lowest BCUT2D eigenvalue weighted by atomic mass is 10.0. The molecule has 0 N–H and O–H groups in total. The van der Waals surface area contributed by atoms with Crippen LogP contribution in [0.2, 0.25) is 10.2 Å². The highest BCUT2D eigenvalue weighted by Crippen LogP contribution is 2.42. The van der Waals surface area contributed by atoms with Crippen molar-refractivity contribution in [3.63, 3.8) is 0 Å². The summed E-state index contributed by atoms with van der Waals surface area (Å²) in [4.78, 5) is 14.3. The molecular formula is C29H32ClFN4O4SSi. The van der Waals surface area contributed by atoms with Crippen molar-refractivity contribution in [2.45, 2.75) is 43.4 Å². The number of pyridine rings is 1. The summed E-state index contributed by atoms with van der Waals surface area (Å²) in [6, 6.07) is 20.5. The Morgan fingerprint density at radius 3 is 2.12 bits per heavy atom. The first kappa shape index (κ1) is 29.4. The fourth-order valence-electron chi connectivity index (χ4n) is 5.33. The third kappa shape index (κ3) is 4.98. The molecule has 2 aromatic heterocycles. The maximum Gasteiger partial charge on any atom is 0.261 e. The highest BCUT2D eigenvalue weighted by Gasteiger charge is 2.52. The second-order valence-corrected chi connectivity index (χ2v) is 18.2. The second-order valence-electron chi connectivity index (χ2n) is 11.6. The van der Waals surface area contributed by atoms with Gasteiger partial charge in [0, 0.05) is 13.3 Å².